The number of aromatic amines is 1. The van der Waals surface area contributed by atoms with Crippen LogP contribution in [0.2, 0.25) is 0 Å². The molecule has 2 heterocycles. The standard InChI is InChI=1S/C15H13N3O3/c1-8-14(9(2)18-17-8)16-15(20)13-7-11(19)10-5-3-4-6-12(10)21-13/h3-7H,1-2H3,(H,16,20)(H,17,18). The highest BCUT2D eigenvalue weighted by molar-refractivity contribution is 6.03. The van der Waals surface area contributed by atoms with Crippen LogP contribution in [0.25, 0.3) is 11.0 Å². The highest BCUT2D eigenvalue weighted by Gasteiger charge is 2.15. The van der Waals surface area contributed by atoms with Gasteiger partial charge in [-0.2, -0.15) is 5.10 Å². The largest absolute Gasteiger partial charge is 0.451 e. The van der Waals surface area contributed by atoms with E-state index in [1.807, 2.05) is 0 Å². The molecule has 0 saturated heterocycles. The van der Waals surface area contributed by atoms with Gasteiger partial charge < -0.3 is 9.73 Å². The number of nitrogens with zero attached hydrogens (tertiary/aromatic N) is 1. The number of fused-ring (bicyclic) bond motifs is 1. The molecule has 3 aromatic rings. The van der Waals surface area contributed by atoms with Crippen LogP contribution in [-0.2, 0) is 0 Å². The number of H-pyrrole nitrogens is 1. The summed E-state index contributed by atoms with van der Waals surface area (Å²) in [7, 11) is 0. The number of carbonyl (C=O) groups is 1. The number of carbonyl (C=O) groups excluding carboxylic acids is 1. The van der Waals surface area contributed by atoms with Gasteiger partial charge in [-0.05, 0) is 26.0 Å². The van der Waals surface area contributed by atoms with Gasteiger partial charge in [-0.25, -0.2) is 0 Å². The fourth-order valence-electron chi connectivity index (χ4n) is 2.13. The molecule has 2 aromatic heterocycles. The first-order chi connectivity index (χ1) is 10.1. The lowest BCUT2D eigenvalue weighted by molar-refractivity contribution is 0.0997. The zero-order valence-corrected chi connectivity index (χ0v) is 11.6. The van der Waals surface area contributed by atoms with Gasteiger partial charge in [0.2, 0.25) is 0 Å². The number of rotatable bonds is 2. The number of aromatic nitrogens is 2. The lowest BCUT2D eigenvalue weighted by Gasteiger charge is -2.05. The minimum Gasteiger partial charge on any atom is -0.451 e. The molecule has 1 amide bonds. The van der Waals surface area contributed by atoms with E-state index >= 15 is 0 Å². The van der Waals surface area contributed by atoms with E-state index in [-0.39, 0.29) is 11.2 Å². The maximum absolute atomic E-state index is 12.2. The first-order valence-electron chi connectivity index (χ1n) is 6.42. The van der Waals surface area contributed by atoms with Crippen molar-refractivity contribution in [3.05, 3.63) is 57.7 Å². The second-order valence-corrected chi connectivity index (χ2v) is 4.73. The molecule has 0 spiro atoms. The Balaban J connectivity index is 2.01. The van der Waals surface area contributed by atoms with Crippen molar-refractivity contribution < 1.29 is 9.21 Å². The van der Waals surface area contributed by atoms with Gasteiger partial charge in [-0.15, -0.1) is 0 Å². The Morgan fingerprint density at radius 1 is 1.29 bits per heavy atom. The summed E-state index contributed by atoms with van der Waals surface area (Å²) >= 11 is 0. The monoisotopic (exact) mass is 283 g/mol. The molecule has 0 saturated carbocycles. The van der Waals surface area contributed by atoms with Gasteiger partial charge in [-0.3, -0.25) is 14.7 Å². The molecule has 106 valence electrons. The molecule has 0 radical (unpaired) electrons. The molecule has 6 nitrogen and oxygen atoms in total. The number of amides is 1. The Bertz CT molecular complexity index is 873. The Hall–Kier alpha value is -2.89. The van der Waals surface area contributed by atoms with E-state index in [1.54, 1.807) is 38.1 Å². The van der Waals surface area contributed by atoms with Gasteiger partial charge in [0.25, 0.3) is 5.91 Å². The topological polar surface area (TPSA) is 88.0 Å². The second kappa shape index (κ2) is 4.90. The number of para-hydroxylation sites is 1. The van der Waals surface area contributed by atoms with Crippen molar-refractivity contribution in [2.45, 2.75) is 13.8 Å². The summed E-state index contributed by atoms with van der Waals surface area (Å²) < 4.78 is 5.49. The summed E-state index contributed by atoms with van der Waals surface area (Å²) in [5.41, 5.74) is 2.14. The summed E-state index contributed by atoms with van der Waals surface area (Å²) in [6.07, 6.45) is 0. The van der Waals surface area contributed by atoms with E-state index < -0.39 is 5.91 Å². The molecule has 6 heteroatoms. The summed E-state index contributed by atoms with van der Waals surface area (Å²) in [4.78, 5) is 24.2. The zero-order valence-electron chi connectivity index (χ0n) is 11.6. The number of benzene rings is 1. The molecule has 0 fully saturated rings. The summed E-state index contributed by atoms with van der Waals surface area (Å²) in [5, 5.41) is 9.93. The average molecular weight is 283 g/mol. The molecule has 3 rings (SSSR count). The normalized spacial score (nSPS) is 10.8. The molecule has 2 N–H and O–H groups in total. The van der Waals surface area contributed by atoms with Crippen LogP contribution in [0.5, 0.6) is 0 Å². The third-order valence-electron chi connectivity index (χ3n) is 3.23. The SMILES string of the molecule is Cc1n[nH]c(C)c1NC(=O)c1cc(=O)c2ccccc2o1. The number of hydrogen-bond acceptors (Lipinski definition) is 4. The molecule has 21 heavy (non-hydrogen) atoms. The Morgan fingerprint density at radius 3 is 2.76 bits per heavy atom. The zero-order chi connectivity index (χ0) is 15.0. The van der Waals surface area contributed by atoms with E-state index in [9.17, 15) is 9.59 Å². The van der Waals surface area contributed by atoms with Crippen LogP contribution in [-0.4, -0.2) is 16.1 Å². The predicted octanol–water partition coefficient (Wildman–Crippen LogP) is 2.39. The van der Waals surface area contributed by atoms with Crippen LogP contribution >= 0.6 is 0 Å². The van der Waals surface area contributed by atoms with E-state index in [4.69, 9.17) is 4.42 Å². The minimum atomic E-state index is -0.481. The van der Waals surface area contributed by atoms with E-state index in [2.05, 4.69) is 15.5 Å². The molecule has 0 aliphatic carbocycles. The van der Waals surface area contributed by atoms with E-state index in [1.165, 1.54) is 6.07 Å². The highest BCUT2D eigenvalue weighted by Crippen LogP contribution is 2.18. The number of hydrogen-bond donors (Lipinski definition) is 2. The molecule has 1 aromatic carbocycles. The fourth-order valence-corrected chi connectivity index (χ4v) is 2.13. The molecule has 0 atom stereocenters. The van der Waals surface area contributed by atoms with Crippen molar-refractivity contribution in [1.82, 2.24) is 10.2 Å². The highest BCUT2D eigenvalue weighted by atomic mass is 16.3. The van der Waals surface area contributed by atoms with E-state index in [0.717, 1.165) is 5.69 Å². The maximum atomic E-state index is 12.2. The van der Waals surface area contributed by atoms with Gasteiger partial charge in [0.05, 0.1) is 22.5 Å². The first-order valence-corrected chi connectivity index (χ1v) is 6.42. The second-order valence-electron chi connectivity index (χ2n) is 4.73. The van der Waals surface area contributed by atoms with Crippen LogP contribution in [0.3, 0.4) is 0 Å². The summed E-state index contributed by atoms with van der Waals surface area (Å²) in [6, 6.07) is 8.01. The molecule has 0 aliphatic rings. The third kappa shape index (κ3) is 2.31. The van der Waals surface area contributed by atoms with Gasteiger partial charge in [-0.1, -0.05) is 12.1 Å². The van der Waals surface area contributed by atoms with Crippen LogP contribution < -0.4 is 10.7 Å². The average Bonchev–Trinajstić information content (AvgIpc) is 2.79. The van der Waals surface area contributed by atoms with Gasteiger partial charge >= 0.3 is 0 Å². The fraction of sp³-hybridized carbons (Fsp3) is 0.133. The Labute approximate surface area is 119 Å². The van der Waals surface area contributed by atoms with Crippen molar-refractivity contribution >= 4 is 22.6 Å². The molecule has 0 unspecified atom stereocenters. The Morgan fingerprint density at radius 2 is 2.05 bits per heavy atom. The van der Waals surface area contributed by atoms with Crippen LogP contribution in [0, 0.1) is 13.8 Å². The van der Waals surface area contributed by atoms with Crippen molar-refractivity contribution in [2.75, 3.05) is 5.32 Å². The number of aryl methyl sites for hydroxylation is 2. The number of nitrogens with one attached hydrogen (secondary N) is 2. The van der Waals surface area contributed by atoms with Gasteiger partial charge in [0.15, 0.2) is 11.2 Å². The third-order valence-corrected chi connectivity index (χ3v) is 3.23. The predicted molar refractivity (Wildman–Crippen MR) is 78.5 cm³/mol. The van der Waals surface area contributed by atoms with Gasteiger partial charge in [0.1, 0.15) is 5.58 Å². The smallest absolute Gasteiger partial charge is 0.291 e. The van der Waals surface area contributed by atoms with Crippen molar-refractivity contribution in [3.8, 4) is 0 Å². The quantitative estimate of drug-likeness (QED) is 0.755. The summed E-state index contributed by atoms with van der Waals surface area (Å²) in [5.74, 6) is -0.510. The van der Waals surface area contributed by atoms with Crippen molar-refractivity contribution in [3.63, 3.8) is 0 Å². The molecular formula is C15H13N3O3. The lowest BCUT2D eigenvalue weighted by Crippen LogP contribution is -2.15. The van der Waals surface area contributed by atoms with E-state index in [0.29, 0.717) is 22.4 Å². The molecule has 0 bridgehead atoms. The number of anilines is 1. The van der Waals surface area contributed by atoms with Crippen molar-refractivity contribution in [1.29, 1.82) is 0 Å². The van der Waals surface area contributed by atoms with Crippen LogP contribution in [0.15, 0.2) is 39.5 Å². The maximum Gasteiger partial charge on any atom is 0.291 e. The van der Waals surface area contributed by atoms with Gasteiger partial charge in [0, 0.05) is 6.07 Å². The molecular weight excluding hydrogens is 270 g/mol. The molecule has 0 aliphatic heterocycles. The van der Waals surface area contributed by atoms with Crippen molar-refractivity contribution in [2.24, 2.45) is 0 Å². The first kappa shape index (κ1) is 13.1. The Kier molecular flexibility index (Phi) is 3.06. The van der Waals surface area contributed by atoms with Crippen LogP contribution in [0.1, 0.15) is 21.9 Å². The van der Waals surface area contributed by atoms with Crippen LogP contribution in [0.4, 0.5) is 5.69 Å². The summed E-state index contributed by atoms with van der Waals surface area (Å²) in [6.45, 7) is 3.57. The lowest BCUT2D eigenvalue weighted by atomic mass is 10.2. The minimum absolute atomic E-state index is 0.0290.